The van der Waals surface area contributed by atoms with Crippen LogP contribution in [0.25, 0.3) is 10.9 Å². The molecule has 2 rings (SSSR count). The van der Waals surface area contributed by atoms with Crippen molar-refractivity contribution in [2.24, 2.45) is 11.5 Å². The van der Waals surface area contributed by atoms with Crippen LogP contribution in [0.3, 0.4) is 0 Å². The van der Waals surface area contributed by atoms with Crippen molar-refractivity contribution in [3.8, 4) is 0 Å². The summed E-state index contributed by atoms with van der Waals surface area (Å²) in [4.78, 5) is 6.14. The molecule has 0 fully saturated rings. The van der Waals surface area contributed by atoms with E-state index in [1.165, 1.54) is 10.9 Å². The van der Waals surface area contributed by atoms with Crippen LogP contribution in [0.2, 0.25) is 0 Å². The first-order valence-corrected chi connectivity index (χ1v) is 6.99. The lowest BCUT2D eigenvalue weighted by Crippen LogP contribution is -2.78. The van der Waals surface area contributed by atoms with E-state index in [2.05, 4.69) is 22.1 Å². The first kappa shape index (κ1) is 16.0. The molecule has 0 aliphatic carbocycles. The van der Waals surface area contributed by atoms with Crippen LogP contribution in [0.1, 0.15) is 5.56 Å². The maximum absolute atomic E-state index is 8.63. The fraction of sp³-hybridized carbons (Fsp3) is 0.182. The van der Waals surface area contributed by atoms with Gasteiger partial charge in [0.05, 0.1) is 6.54 Å². The summed E-state index contributed by atoms with van der Waals surface area (Å²) in [5, 5.41) is 1.26. The van der Waals surface area contributed by atoms with Gasteiger partial charge in [-0.05, 0) is 11.6 Å². The molecule has 0 aliphatic rings. The zero-order valence-corrected chi connectivity index (χ0v) is 11.4. The van der Waals surface area contributed by atoms with Crippen LogP contribution in [0.15, 0.2) is 30.5 Å². The molecule has 0 radical (unpaired) electrons. The van der Waals surface area contributed by atoms with Gasteiger partial charge in [-0.1, -0.05) is 18.2 Å². The van der Waals surface area contributed by atoms with Gasteiger partial charge in [0, 0.05) is 23.5 Å². The Morgan fingerprint density at radius 3 is 2.55 bits per heavy atom. The summed E-state index contributed by atoms with van der Waals surface area (Å²) in [5.74, 6) is 0.273. The minimum Gasteiger partial charge on any atom is -0.726 e. The number of para-hydroxylation sites is 1. The molecule has 7 N–H and O–H groups in total. The van der Waals surface area contributed by atoms with Gasteiger partial charge < -0.3 is 9.54 Å². The lowest BCUT2D eigenvalue weighted by atomic mass is 10.1. The van der Waals surface area contributed by atoms with E-state index in [0.717, 1.165) is 18.5 Å². The van der Waals surface area contributed by atoms with Gasteiger partial charge in [-0.15, -0.1) is 0 Å². The Morgan fingerprint density at radius 1 is 1.35 bits per heavy atom. The van der Waals surface area contributed by atoms with Crippen molar-refractivity contribution >= 4 is 27.3 Å². The minimum atomic E-state index is -4.92. The van der Waals surface area contributed by atoms with Crippen LogP contribution >= 0.6 is 0 Å². The Bertz CT molecular complexity index is 681. The van der Waals surface area contributed by atoms with Crippen LogP contribution < -0.4 is 16.5 Å². The van der Waals surface area contributed by atoms with Crippen LogP contribution in [0.5, 0.6) is 0 Å². The van der Waals surface area contributed by atoms with Gasteiger partial charge in [0.2, 0.25) is 10.4 Å². The number of nitrogens with one attached hydrogen (secondary N) is 2. The van der Waals surface area contributed by atoms with Gasteiger partial charge in [-0.2, -0.15) is 0 Å². The SMILES string of the molecule is NC(N)=[NH+]CCc1c[nH]c2ccccc12.O=S(=O)([O-])O. The van der Waals surface area contributed by atoms with Gasteiger partial charge in [-0.3, -0.25) is 21.0 Å². The van der Waals surface area contributed by atoms with E-state index in [9.17, 15) is 0 Å². The summed E-state index contributed by atoms with van der Waals surface area (Å²) in [7, 11) is -4.92. The number of hydrogen-bond donors (Lipinski definition) is 5. The first-order valence-electron chi connectivity index (χ1n) is 5.62. The molecule has 0 aliphatic heterocycles. The van der Waals surface area contributed by atoms with Crippen molar-refractivity contribution < 1.29 is 22.5 Å². The average molecular weight is 300 g/mol. The van der Waals surface area contributed by atoms with Crippen molar-refractivity contribution in [3.63, 3.8) is 0 Å². The molecule has 0 unspecified atom stereocenters. The first-order chi connectivity index (χ1) is 9.27. The Hall–Kier alpha value is -2.10. The summed E-state index contributed by atoms with van der Waals surface area (Å²) in [6.07, 6.45) is 2.93. The highest BCUT2D eigenvalue weighted by molar-refractivity contribution is 7.79. The second kappa shape index (κ2) is 6.89. The molecule has 0 spiro atoms. The summed E-state index contributed by atoms with van der Waals surface area (Å²) in [5.41, 5.74) is 13.1. The van der Waals surface area contributed by atoms with Crippen LogP contribution in [0, 0.1) is 0 Å². The van der Waals surface area contributed by atoms with Crippen LogP contribution in [-0.4, -0.2) is 35.0 Å². The quantitative estimate of drug-likeness (QED) is 0.192. The number of aromatic amines is 1. The molecular weight excluding hydrogens is 284 g/mol. The highest BCUT2D eigenvalue weighted by Gasteiger charge is 2.01. The third kappa shape index (κ3) is 6.18. The summed E-state index contributed by atoms with van der Waals surface area (Å²) in [6.45, 7) is 0.754. The molecule has 1 heterocycles. The number of fused-ring (bicyclic) bond motifs is 1. The number of H-pyrrole nitrogens is 1. The predicted molar refractivity (Wildman–Crippen MR) is 73.5 cm³/mol. The summed E-state index contributed by atoms with van der Waals surface area (Å²) < 4.78 is 32.8. The average Bonchev–Trinajstić information content (AvgIpc) is 2.70. The van der Waals surface area contributed by atoms with E-state index >= 15 is 0 Å². The maximum atomic E-state index is 8.63. The van der Waals surface area contributed by atoms with E-state index in [-0.39, 0.29) is 5.96 Å². The van der Waals surface area contributed by atoms with E-state index in [1.807, 2.05) is 18.3 Å². The monoisotopic (exact) mass is 300 g/mol. The number of aromatic nitrogens is 1. The second-order valence-electron chi connectivity index (χ2n) is 3.92. The zero-order valence-electron chi connectivity index (χ0n) is 10.5. The molecule has 0 saturated carbocycles. The Morgan fingerprint density at radius 2 is 1.95 bits per heavy atom. The Labute approximate surface area is 116 Å². The molecule has 0 atom stereocenters. The van der Waals surface area contributed by atoms with Crippen molar-refractivity contribution in [3.05, 3.63) is 36.0 Å². The standard InChI is InChI=1S/C11H14N4.H2O4S/c12-11(13)14-6-5-8-7-15-10-4-2-1-3-9(8)10;1-5(2,3)4/h1-4,7,15H,5-6H2,(H4,12,13,14);(H2,1,2,3,4). The van der Waals surface area contributed by atoms with Crippen molar-refractivity contribution in [1.29, 1.82) is 0 Å². The van der Waals surface area contributed by atoms with Crippen molar-refractivity contribution in [2.45, 2.75) is 6.42 Å². The molecule has 0 saturated heterocycles. The van der Waals surface area contributed by atoms with Gasteiger partial charge in [0.15, 0.2) is 0 Å². The van der Waals surface area contributed by atoms with Crippen LogP contribution in [0.4, 0.5) is 0 Å². The van der Waals surface area contributed by atoms with E-state index in [1.54, 1.807) is 0 Å². The van der Waals surface area contributed by atoms with Gasteiger partial charge >= 0.3 is 5.96 Å². The summed E-state index contributed by atoms with van der Waals surface area (Å²) >= 11 is 0. The molecule has 0 bridgehead atoms. The molecule has 0 amide bonds. The molecule has 2 aromatic rings. The summed E-state index contributed by atoms with van der Waals surface area (Å²) in [6, 6.07) is 8.23. The van der Waals surface area contributed by atoms with Crippen molar-refractivity contribution in [1.82, 2.24) is 4.98 Å². The highest BCUT2D eigenvalue weighted by atomic mass is 32.3. The molecule has 1 aromatic carbocycles. The second-order valence-corrected chi connectivity index (χ2v) is 4.77. The minimum absolute atomic E-state index is 0.273. The van der Waals surface area contributed by atoms with Crippen LogP contribution in [-0.2, 0) is 16.8 Å². The lowest BCUT2D eigenvalue weighted by Gasteiger charge is -1.95. The van der Waals surface area contributed by atoms with E-state index in [0.29, 0.717) is 0 Å². The van der Waals surface area contributed by atoms with Gasteiger partial charge in [0.25, 0.3) is 0 Å². The molecule has 9 heteroatoms. The third-order valence-corrected chi connectivity index (χ3v) is 2.40. The number of rotatable bonds is 3. The maximum Gasteiger partial charge on any atom is 0.338 e. The number of guanidine groups is 1. The molecule has 110 valence electrons. The molecular formula is C11H16N4O4S. The van der Waals surface area contributed by atoms with Gasteiger partial charge in [-0.25, -0.2) is 8.42 Å². The third-order valence-electron chi connectivity index (χ3n) is 2.40. The molecule has 1 aromatic heterocycles. The Kier molecular flexibility index (Phi) is 5.50. The van der Waals surface area contributed by atoms with E-state index in [4.69, 9.17) is 29.0 Å². The molecule has 20 heavy (non-hydrogen) atoms. The fourth-order valence-electron chi connectivity index (χ4n) is 1.68. The smallest absolute Gasteiger partial charge is 0.338 e. The number of nitrogens with two attached hydrogens (primary N) is 2. The largest absolute Gasteiger partial charge is 0.726 e. The number of hydrogen-bond acceptors (Lipinski definition) is 3. The highest BCUT2D eigenvalue weighted by Crippen LogP contribution is 2.17. The predicted octanol–water partition coefficient (Wildman–Crippen LogP) is -1.93. The van der Waals surface area contributed by atoms with E-state index < -0.39 is 10.4 Å². The normalized spacial score (nSPS) is 10.7. The zero-order chi connectivity index (χ0) is 15.2. The lowest BCUT2D eigenvalue weighted by molar-refractivity contribution is -0.458. The Balaban J connectivity index is 0.000000347. The molecule has 8 nitrogen and oxygen atoms in total. The van der Waals surface area contributed by atoms with Crippen molar-refractivity contribution in [2.75, 3.05) is 6.54 Å². The fourth-order valence-corrected chi connectivity index (χ4v) is 1.68. The van der Waals surface area contributed by atoms with Gasteiger partial charge in [0.1, 0.15) is 0 Å². The topological polar surface area (TPSA) is 159 Å². The number of benzene rings is 1.